The number of nitrogens with zero attached hydrogens (tertiary/aromatic N) is 2. The van der Waals surface area contributed by atoms with E-state index in [1.165, 1.54) is 22.4 Å². The van der Waals surface area contributed by atoms with Gasteiger partial charge in [-0.1, -0.05) is 54.1 Å². The van der Waals surface area contributed by atoms with Crippen molar-refractivity contribution in [1.82, 2.24) is 4.90 Å². The van der Waals surface area contributed by atoms with Gasteiger partial charge in [0.15, 0.2) is 0 Å². The van der Waals surface area contributed by atoms with Gasteiger partial charge in [-0.3, -0.25) is 5.43 Å². The van der Waals surface area contributed by atoms with E-state index in [1.807, 2.05) is 36.5 Å². The number of rotatable bonds is 5. The number of ether oxygens (including phenoxy) is 1. The Balaban J connectivity index is 1.61. The van der Waals surface area contributed by atoms with E-state index in [0.717, 1.165) is 44.8 Å². The molecule has 0 unspecified atom stereocenters. The molecule has 0 radical (unpaired) electrons. The minimum Gasteiger partial charge on any atom is -0.378 e. The second-order valence-electron chi connectivity index (χ2n) is 6.90. The summed E-state index contributed by atoms with van der Waals surface area (Å²) in [4.78, 5) is 2.43. The summed E-state index contributed by atoms with van der Waals surface area (Å²) in [5.74, 6) is 0. The molecule has 0 spiro atoms. The SMILES string of the molecule is Clc1ccccc1NN=CC1=C(N2CCOCC2)C(=Cc2ccccc2)CC1. The number of allylic oxidation sites excluding steroid dienone is 2. The summed E-state index contributed by atoms with van der Waals surface area (Å²) in [6.45, 7) is 3.36. The molecule has 1 heterocycles. The second kappa shape index (κ2) is 9.09. The standard InChI is InChI=1S/C23H24ClN3O/c24-21-8-4-5-9-22(21)26-25-17-20-11-10-19(16-18-6-2-1-3-7-18)23(20)27-12-14-28-15-13-27/h1-9,16-17,26H,10-15H2. The molecule has 2 aromatic rings. The Bertz CT molecular complexity index is 899. The van der Waals surface area contributed by atoms with Gasteiger partial charge >= 0.3 is 0 Å². The Morgan fingerprint density at radius 3 is 2.50 bits per heavy atom. The number of hydrogen-bond donors (Lipinski definition) is 1. The first-order valence-electron chi connectivity index (χ1n) is 9.67. The molecule has 1 saturated heterocycles. The second-order valence-corrected chi connectivity index (χ2v) is 7.31. The molecule has 0 amide bonds. The summed E-state index contributed by atoms with van der Waals surface area (Å²) in [7, 11) is 0. The summed E-state index contributed by atoms with van der Waals surface area (Å²) in [5, 5.41) is 5.13. The van der Waals surface area contributed by atoms with Crippen LogP contribution < -0.4 is 5.43 Å². The molecule has 0 aromatic heterocycles. The lowest BCUT2D eigenvalue weighted by molar-refractivity contribution is 0.0548. The average Bonchev–Trinajstić information content (AvgIpc) is 3.13. The predicted octanol–water partition coefficient (Wildman–Crippen LogP) is 5.20. The highest BCUT2D eigenvalue weighted by atomic mass is 35.5. The first-order chi connectivity index (χ1) is 13.8. The van der Waals surface area contributed by atoms with Gasteiger partial charge in [-0.05, 0) is 47.8 Å². The van der Waals surface area contributed by atoms with Crippen molar-refractivity contribution in [2.24, 2.45) is 5.10 Å². The Morgan fingerprint density at radius 1 is 0.964 bits per heavy atom. The van der Waals surface area contributed by atoms with E-state index in [0.29, 0.717) is 5.02 Å². The predicted molar refractivity (Wildman–Crippen MR) is 117 cm³/mol. The van der Waals surface area contributed by atoms with E-state index in [9.17, 15) is 0 Å². The molecule has 2 aliphatic rings. The average molecular weight is 394 g/mol. The molecule has 1 N–H and O–H groups in total. The van der Waals surface area contributed by atoms with Crippen molar-refractivity contribution in [3.63, 3.8) is 0 Å². The molecule has 4 rings (SSSR count). The summed E-state index contributed by atoms with van der Waals surface area (Å²) in [6.07, 6.45) is 6.25. The summed E-state index contributed by atoms with van der Waals surface area (Å²) >= 11 is 6.20. The largest absolute Gasteiger partial charge is 0.378 e. The van der Waals surface area contributed by atoms with Gasteiger partial charge in [0.1, 0.15) is 0 Å². The fraction of sp³-hybridized carbons (Fsp3) is 0.261. The zero-order valence-electron chi connectivity index (χ0n) is 15.8. The quantitative estimate of drug-likeness (QED) is 0.560. The van der Waals surface area contributed by atoms with Gasteiger partial charge in [-0.2, -0.15) is 5.10 Å². The van der Waals surface area contributed by atoms with Crippen LogP contribution >= 0.6 is 11.6 Å². The highest BCUT2D eigenvalue weighted by Crippen LogP contribution is 2.35. The van der Waals surface area contributed by atoms with Gasteiger partial charge in [0.2, 0.25) is 0 Å². The number of hydrazone groups is 1. The molecule has 0 saturated carbocycles. The summed E-state index contributed by atoms with van der Waals surface area (Å²) in [5.41, 5.74) is 9.04. The van der Waals surface area contributed by atoms with Gasteiger partial charge < -0.3 is 9.64 Å². The normalized spacial score (nSPS) is 19.0. The molecule has 144 valence electrons. The van der Waals surface area contributed by atoms with E-state index in [4.69, 9.17) is 16.3 Å². The number of benzene rings is 2. The number of morpholine rings is 1. The van der Waals surface area contributed by atoms with E-state index in [1.54, 1.807) is 0 Å². The van der Waals surface area contributed by atoms with Crippen LogP contribution in [0.5, 0.6) is 0 Å². The van der Waals surface area contributed by atoms with Crippen molar-refractivity contribution in [2.45, 2.75) is 12.8 Å². The molecule has 0 bridgehead atoms. The Kier molecular flexibility index (Phi) is 6.10. The zero-order chi connectivity index (χ0) is 19.2. The maximum Gasteiger partial charge on any atom is 0.0748 e. The maximum absolute atomic E-state index is 6.20. The summed E-state index contributed by atoms with van der Waals surface area (Å²) < 4.78 is 5.56. The lowest BCUT2D eigenvalue weighted by Gasteiger charge is -2.31. The molecule has 2 aromatic carbocycles. The molecule has 1 aliphatic carbocycles. The molecular formula is C23H24ClN3O. The van der Waals surface area contributed by atoms with Crippen molar-refractivity contribution in [2.75, 3.05) is 31.7 Å². The van der Waals surface area contributed by atoms with Crippen LogP contribution in [0.15, 0.2) is 76.5 Å². The number of anilines is 1. The minimum absolute atomic E-state index is 0.665. The minimum atomic E-state index is 0.665. The fourth-order valence-electron chi connectivity index (χ4n) is 3.65. The lowest BCUT2D eigenvalue weighted by Crippen LogP contribution is -2.36. The van der Waals surface area contributed by atoms with Gasteiger partial charge in [0, 0.05) is 18.8 Å². The first-order valence-corrected chi connectivity index (χ1v) is 10.0. The van der Waals surface area contributed by atoms with Crippen molar-refractivity contribution in [1.29, 1.82) is 0 Å². The van der Waals surface area contributed by atoms with Crippen molar-refractivity contribution >= 4 is 29.6 Å². The van der Waals surface area contributed by atoms with Crippen molar-refractivity contribution < 1.29 is 4.74 Å². The van der Waals surface area contributed by atoms with Gasteiger partial charge in [-0.15, -0.1) is 0 Å². The molecule has 28 heavy (non-hydrogen) atoms. The monoisotopic (exact) mass is 393 g/mol. The van der Waals surface area contributed by atoms with Crippen LogP contribution in [0.3, 0.4) is 0 Å². The number of nitrogens with one attached hydrogen (secondary N) is 1. The molecular weight excluding hydrogens is 370 g/mol. The summed E-state index contributed by atoms with van der Waals surface area (Å²) in [6, 6.07) is 18.1. The van der Waals surface area contributed by atoms with Crippen LogP contribution in [-0.4, -0.2) is 37.4 Å². The van der Waals surface area contributed by atoms with Crippen LogP contribution in [-0.2, 0) is 4.74 Å². The number of para-hydroxylation sites is 1. The highest BCUT2D eigenvalue weighted by Gasteiger charge is 2.25. The first kappa shape index (κ1) is 18.8. The third-order valence-corrected chi connectivity index (χ3v) is 5.35. The topological polar surface area (TPSA) is 36.9 Å². The van der Waals surface area contributed by atoms with E-state index in [-0.39, 0.29) is 0 Å². The highest BCUT2D eigenvalue weighted by molar-refractivity contribution is 6.33. The number of halogens is 1. The Labute approximate surface area is 171 Å². The van der Waals surface area contributed by atoms with E-state index in [2.05, 4.69) is 45.8 Å². The molecule has 5 heteroatoms. The zero-order valence-corrected chi connectivity index (χ0v) is 16.5. The maximum atomic E-state index is 6.20. The van der Waals surface area contributed by atoms with Crippen molar-refractivity contribution in [3.05, 3.63) is 82.0 Å². The van der Waals surface area contributed by atoms with Crippen LogP contribution in [0.25, 0.3) is 6.08 Å². The Hall–Kier alpha value is -2.56. The van der Waals surface area contributed by atoms with E-state index >= 15 is 0 Å². The molecule has 1 aliphatic heterocycles. The molecule has 0 atom stereocenters. The third kappa shape index (κ3) is 4.46. The van der Waals surface area contributed by atoms with Crippen LogP contribution in [0, 0.1) is 0 Å². The van der Waals surface area contributed by atoms with E-state index < -0.39 is 0 Å². The lowest BCUT2D eigenvalue weighted by atomic mass is 10.1. The number of hydrogen-bond acceptors (Lipinski definition) is 4. The van der Waals surface area contributed by atoms with Gasteiger partial charge in [0.05, 0.1) is 30.1 Å². The van der Waals surface area contributed by atoms with Crippen molar-refractivity contribution in [3.8, 4) is 0 Å². The third-order valence-electron chi connectivity index (χ3n) is 5.02. The van der Waals surface area contributed by atoms with Gasteiger partial charge in [0.25, 0.3) is 0 Å². The smallest absolute Gasteiger partial charge is 0.0748 e. The fourth-order valence-corrected chi connectivity index (χ4v) is 3.83. The molecule has 1 fully saturated rings. The van der Waals surface area contributed by atoms with Gasteiger partial charge in [-0.25, -0.2) is 0 Å². The Morgan fingerprint density at radius 2 is 1.71 bits per heavy atom. The van der Waals surface area contributed by atoms with Crippen LogP contribution in [0.4, 0.5) is 5.69 Å². The van der Waals surface area contributed by atoms with Crippen LogP contribution in [0.2, 0.25) is 5.02 Å². The van der Waals surface area contributed by atoms with Crippen LogP contribution in [0.1, 0.15) is 18.4 Å². The molecule has 4 nitrogen and oxygen atoms in total.